The maximum Gasteiger partial charge on any atom is 0.339 e. The van der Waals surface area contributed by atoms with Crippen molar-refractivity contribution in [1.29, 1.82) is 0 Å². The average Bonchev–Trinajstić information content (AvgIpc) is 2.34. The van der Waals surface area contributed by atoms with E-state index >= 15 is 0 Å². The smallest absolute Gasteiger partial charge is 0.339 e. The molecule has 16 heavy (non-hydrogen) atoms. The Bertz CT molecular complexity index is 357. The fourth-order valence-electron chi connectivity index (χ4n) is 1.08. The minimum Gasteiger partial charge on any atom is -0.465 e. The number of methoxy groups -OCH3 is 1. The number of esters is 1. The highest BCUT2D eigenvalue weighted by Gasteiger charge is 2.04. The molecule has 86 valence electrons. The molecule has 0 saturated carbocycles. The summed E-state index contributed by atoms with van der Waals surface area (Å²) >= 11 is 0. The van der Waals surface area contributed by atoms with Gasteiger partial charge in [0.05, 0.1) is 31.6 Å². The first-order valence-electron chi connectivity index (χ1n) is 5.00. The van der Waals surface area contributed by atoms with Crippen LogP contribution in [-0.4, -0.2) is 24.7 Å². The Kier molecular flexibility index (Phi) is 5.22. The highest BCUT2D eigenvalue weighted by molar-refractivity contribution is 5.88. The summed E-state index contributed by atoms with van der Waals surface area (Å²) in [6.45, 7) is 2.94. The topological polar surface area (TPSA) is 48.4 Å². The van der Waals surface area contributed by atoms with Crippen LogP contribution in [0.5, 0.6) is 0 Å². The summed E-state index contributed by atoms with van der Waals surface area (Å²) in [5.74, 6) is -0.381. The van der Waals surface area contributed by atoms with Crippen LogP contribution in [0.15, 0.2) is 30.5 Å². The van der Waals surface area contributed by atoms with Crippen molar-refractivity contribution in [3.8, 4) is 0 Å². The van der Waals surface area contributed by atoms with Crippen molar-refractivity contribution in [3.05, 3.63) is 41.7 Å². The van der Waals surface area contributed by atoms with Gasteiger partial charge in [-0.1, -0.05) is 12.2 Å². The van der Waals surface area contributed by atoms with Gasteiger partial charge in [-0.2, -0.15) is 0 Å². The van der Waals surface area contributed by atoms with Crippen LogP contribution in [0.4, 0.5) is 0 Å². The summed E-state index contributed by atoms with van der Waals surface area (Å²) < 4.78 is 9.89. The minimum atomic E-state index is -0.381. The molecular weight excluding hydrogens is 206 g/mol. The van der Waals surface area contributed by atoms with E-state index in [2.05, 4.69) is 9.72 Å². The predicted molar refractivity (Wildman–Crippen MR) is 60.0 cm³/mol. The third-order valence-corrected chi connectivity index (χ3v) is 1.95. The molecule has 0 atom stereocenters. The first-order valence-corrected chi connectivity index (χ1v) is 5.00. The molecule has 0 amide bonds. The number of nitrogens with zero attached hydrogens (tertiary/aromatic N) is 1. The fraction of sp³-hybridized carbons (Fsp3) is 0.333. The SMILES string of the molecule is CC=CCOCc1ccc(C(=O)OC)cn1. The van der Waals surface area contributed by atoms with Crippen molar-refractivity contribution in [1.82, 2.24) is 4.98 Å². The van der Waals surface area contributed by atoms with Gasteiger partial charge in [-0.05, 0) is 19.1 Å². The summed E-state index contributed by atoms with van der Waals surface area (Å²) in [6.07, 6.45) is 5.33. The van der Waals surface area contributed by atoms with Gasteiger partial charge in [-0.25, -0.2) is 4.79 Å². The normalized spacial score (nSPS) is 10.6. The molecule has 0 saturated heterocycles. The van der Waals surface area contributed by atoms with Crippen molar-refractivity contribution in [2.75, 3.05) is 13.7 Å². The van der Waals surface area contributed by atoms with Crippen LogP contribution in [-0.2, 0) is 16.1 Å². The van der Waals surface area contributed by atoms with Crippen molar-refractivity contribution in [2.24, 2.45) is 0 Å². The molecule has 1 aromatic rings. The van der Waals surface area contributed by atoms with E-state index in [1.54, 1.807) is 12.1 Å². The molecule has 4 heteroatoms. The lowest BCUT2D eigenvalue weighted by Crippen LogP contribution is -2.03. The number of ether oxygens (including phenoxy) is 2. The molecule has 0 aromatic carbocycles. The molecular formula is C12H15NO3. The van der Waals surface area contributed by atoms with Gasteiger partial charge >= 0.3 is 5.97 Å². The Morgan fingerprint density at radius 3 is 2.88 bits per heavy atom. The van der Waals surface area contributed by atoms with Crippen LogP contribution >= 0.6 is 0 Å². The van der Waals surface area contributed by atoms with Crippen LogP contribution in [0, 0.1) is 0 Å². The first kappa shape index (κ1) is 12.4. The van der Waals surface area contributed by atoms with Crippen molar-refractivity contribution >= 4 is 5.97 Å². The number of hydrogen-bond acceptors (Lipinski definition) is 4. The van der Waals surface area contributed by atoms with Gasteiger partial charge in [0.25, 0.3) is 0 Å². The first-order chi connectivity index (χ1) is 7.77. The molecule has 4 nitrogen and oxygen atoms in total. The van der Waals surface area contributed by atoms with Crippen LogP contribution in [0.25, 0.3) is 0 Å². The van der Waals surface area contributed by atoms with Crippen LogP contribution in [0.1, 0.15) is 23.0 Å². The second-order valence-electron chi connectivity index (χ2n) is 3.11. The maximum absolute atomic E-state index is 11.1. The lowest BCUT2D eigenvalue weighted by atomic mass is 10.2. The van der Waals surface area contributed by atoms with Gasteiger partial charge in [0, 0.05) is 6.20 Å². The molecule has 1 heterocycles. The van der Waals surface area contributed by atoms with Gasteiger partial charge < -0.3 is 9.47 Å². The van der Waals surface area contributed by atoms with E-state index in [1.165, 1.54) is 13.3 Å². The zero-order valence-corrected chi connectivity index (χ0v) is 9.47. The molecule has 1 aromatic heterocycles. The Morgan fingerprint density at radius 1 is 1.50 bits per heavy atom. The number of rotatable bonds is 5. The van der Waals surface area contributed by atoms with E-state index in [9.17, 15) is 4.79 Å². The highest BCUT2D eigenvalue weighted by atomic mass is 16.5. The Labute approximate surface area is 94.9 Å². The van der Waals surface area contributed by atoms with Gasteiger partial charge in [-0.3, -0.25) is 4.98 Å². The minimum absolute atomic E-state index is 0.381. The number of carbonyl (C=O) groups excluding carboxylic acids is 1. The van der Waals surface area contributed by atoms with Gasteiger partial charge in [0.2, 0.25) is 0 Å². The zero-order chi connectivity index (χ0) is 11.8. The van der Waals surface area contributed by atoms with Crippen molar-refractivity contribution < 1.29 is 14.3 Å². The Morgan fingerprint density at radius 2 is 2.31 bits per heavy atom. The summed E-state index contributed by atoms with van der Waals surface area (Å²) in [4.78, 5) is 15.2. The zero-order valence-electron chi connectivity index (χ0n) is 9.47. The van der Waals surface area contributed by atoms with Crippen LogP contribution < -0.4 is 0 Å². The second kappa shape index (κ2) is 6.74. The Balaban J connectivity index is 2.48. The summed E-state index contributed by atoms with van der Waals surface area (Å²) in [7, 11) is 1.34. The largest absolute Gasteiger partial charge is 0.465 e. The van der Waals surface area contributed by atoms with Crippen LogP contribution in [0.3, 0.4) is 0 Å². The summed E-state index contributed by atoms with van der Waals surface area (Å²) in [5, 5.41) is 0. The summed E-state index contributed by atoms with van der Waals surface area (Å²) in [5.41, 5.74) is 1.23. The standard InChI is InChI=1S/C12H15NO3/c1-3-4-7-16-9-11-6-5-10(8-13-11)12(14)15-2/h3-6,8H,7,9H2,1-2H3. The molecule has 0 bridgehead atoms. The predicted octanol–water partition coefficient (Wildman–Crippen LogP) is 1.96. The van der Waals surface area contributed by atoms with E-state index in [1.807, 2.05) is 19.1 Å². The quantitative estimate of drug-likeness (QED) is 0.433. The molecule has 0 aliphatic heterocycles. The molecule has 0 spiro atoms. The van der Waals surface area contributed by atoms with Crippen molar-refractivity contribution in [2.45, 2.75) is 13.5 Å². The van der Waals surface area contributed by atoms with Crippen molar-refractivity contribution in [3.63, 3.8) is 0 Å². The third-order valence-electron chi connectivity index (χ3n) is 1.95. The van der Waals surface area contributed by atoms with Gasteiger partial charge in [0.15, 0.2) is 0 Å². The van der Waals surface area contributed by atoms with Gasteiger partial charge in [0.1, 0.15) is 0 Å². The van der Waals surface area contributed by atoms with E-state index in [4.69, 9.17) is 4.74 Å². The van der Waals surface area contributed by atoms with E-state index in [-0.39, 0.29) is 5.97 Å². The summed E-state index contributed by atoms with van der Waals surface area (Å²) in [6, 6.07) is 3.43. The number of pyridine rings is 1. The molecule has 0 N–H and O–H groups in total. The highest BCUT2D eigenvalue weighted by Crippen LogP contribution is 2.03. The fourth-order valence-corrected chi connectivity index (χ4v) is 1.08. The number of hydrogen-bond donors (Lipinski definition) is 0. The molecule has 0 radical (unpaired) electrons. The number of carbonyl (C=O) groups is 1. The Hall–Kier alpha value is -1.68. The van der Waals surface area contributed by atoms with E-state index in [0.717, 1.165) is 5.69 Å². The average molecular weight is 221 g/mol. The molecule has 1 rings (SSSR count). The molecule has 0 aliphatic carbocycles. The second-order valence-corrected chi connectivity index (χ2v) is 3.11. The number of allylic oxidation sites excluding steroid dienone is 1. The monoisotopic (exact) mass is 221 g/mol. The van der Waals surface area contributed by atoms with E-state index < -0.39 is 0 Å². The third kappa shape index (κ3) is 3.82. The van der Waals surface area contributed by atoms with E-state index in [0.29, 0.717) is 18.8 Å². The van der Waals surface area contributed by atoms with Gasteiger partial charge in [-0.15, -0.1) is 0 Å². The lowest BCUT2D eigenvalue weighted by Gasteiger charge is -2.02. The number of aromatic nitrogens is 1. The maximum atomic E-state index is 11.1. The molecule has 0 fully saturated rings. The molecule has 0 unspecified atom stereocenters. The lowest BCUT2D eigenvalue weighted by molar-refractivity contribution is 0.0600. The molecule has 0 aliphatic rings. The van der Waals surface area contributed by atoms with Crippen LogP contribution in [0.2, 0.25) is 0 Å².